The molecule has 0 radical (unpaired) electrons. The molecule has 3 aromatic carbocycles. The van der Waals surface area contributed by atoms with E-state index in [0.29, 0.717) is 45.0 Å². The number of Topliss-reactive ketones (excluding diaryl/α,β-unsaturated/α-hetero) is 1. The van der Waals surface area contributed by atoms with Gasteiger partial charge in [-0.3, -0.25) is 4.79 Å². The molecule has 4 aromatic rings. The Morgan fingerprint density at radius 3 is 2.26 bits per heavy atom. The number of carbonyl (C=O) groups is 1. The van der Waals surface area contributed by atoms with Crippen LogP contribution in [-0.2, 0) is 0 Å². The summed E-state index contributed by atoms with van der Waals surface area (Å²) >= 11 is 0. The van der Waals surface area contributed by atoms with Gasteiger partial charge in [0.2, 0.25) is 5.89 Å². The van der Waals surface area contributed by atoms with E-state index in [1.807, 2.05) is 24.3 Å². The van der Waals surface area contributed by atoms with E-state index in [1.165, 1.54) is 0 Å². The first kappa shape index (κ1) is 20.2. The Morgan fingerprint density at radius 2 is 1.58 bits per heavy atom. The number of carbonyl (C=O) groups excluding carboxylic acids is 1. The van der Waals surface area contributed by atoms with Crippen LogP contribution in [0.5, 0.6) is 17.2 Å². The van der Waals surface area contributed by atoms with Crippen molar-refractivity contribution in [2.75, 3.05) is 21.3 Å². The highest BCUT2D eigenvalue weighted by atomic mass is 16.5. The molecule has 0 aliphatic rings. The molecule has 31 heavy (non-hydrogen) atoms. The van der Waals surface area contributed by atoms with Crippen molar-refractivity contribution in [1.29, 1.82) is 0 Å². The predicted octanol–water partition coefficient (Wildman–Crippen LogP) is 5.28. The third-order valence-corrected chi connectivity index (χ3v) is 4.86. The summed E-state index contributed by atoms with van der Waals surface area (Å²) in [5.41, 5.74) is 2.72. The van der Waals surface area contributed by atoms with Gasteiger partial charge >= 0.3 is 0 Å². The van der Waals surface area contributed by atoms with Gasteiger partial charge in [-0.15, -0.1) is 0 Å². The number of methoxy groups -OCH3 is 3. The molecular weight excluding hydrogens is 394 g/mol. The maximum atomic E-state index is 13.5. The van der Waals surface area contributed by atoms with E-state index in [-0.39, 0.29) is 11.7 Å². The van der Waals surface area contributed by atoms with Crippen molar-refractivity contribution in [3.63, 3.8) is 0 Å². The van der Waals surface area contributed by atoms with Crippen molar-refractivity contribution in [2.24, 2.45) is 0 Å². The minimum Gasteiger partial charge on any atom is -0.497 e. The van der Waals surface area contributed by atoms with E-state index in [4.69, 9.17) is 18.6 Å². The van der Waals surface area contributed by atoms with E-state index in [0.717, 1.165) is 0 Å². The van der Waals surface area contributed by atoms with Crippen molar-refractivity contribution >= 4 is 28.5 Å². The zero-order valence-electron chi connectivity index (χ0n) is 17.4. The van der Waals surface area contributed by atoms with Crippen LogP contribution < -0.4 is 14.2 Å². The number of nitrogens with zero attached hydrogens (tertiary/aromatic N) is 1. The van der Waals surface area contributed by atoms with E-state index < -0.39 is 0 Å². The topological polar surface area (TPSA) is 70.8 Å². The molecule has 1 aromatic heterocycles. The van der Waals surface area contributed by atoms with Crippen LogP contribution in [0.15, 0.2) is 71.1 Å². The van der Waals surface area contributed by atoms with Gasteiger partial charge in [0.1, 0.15) is 22.8 Å². The number of rotatable bonds is 7. The normalized spacial score (nSPS) is 11.4. The zero-order valence-corrected chi connectivity index (χ0v) is 17.4. The summed E-state index contributed by atoms with van der Waals surface area (Å²) in [6.45, 7) is 0. The summed E-state index contributed by atoms with van der Waals surface area (Å²) in [6, 6.07) is 19.6. The highest BCUT2D eigenvalue weighted by molar-refractivity contribution is 6.31. The molecule has 6 nitrogen and oxygen atoms in total. The van der Waals surface area contributed by atoms with Crippen LogP contribution in [0.4, 0.5) is 0 Å². The first-order chi connectivity index (χ1) is 15.1. The molecule has 1 heterocycles. The van der Waals surface area contributed by atoms with Crippen molar-refractivity contribution in [2.45, 2.75) is 0 Å². The fraction of sp³-hybridized carbons (Fsp3) is 0.120. The summed E-state index contributed by atoms with van der Waals surface area (Å²) in [6.07, 6.45) is 1.71. The molecule has 0 fully saturated rings. The average molecular weight is 415 g/mol. The third-order valence-electron chi connectivity index (χ3n) is 4.86. The van der Waals surface area contributed by atoms with Crippen molar-refractivity contribution in [3.8, 4) is 17.2 Å². The zero-order chi connectivity index (χ0) is 21.8. The number of aromatic nitrogens is 1. The minimum atomic E-state index is -0.237. The Morgan fingerprint density at radius 1 is 0.871 bits per heavy atom. The second-order valence-electron chi connectivity index (χ2n) is 6.71. The largest absolute Gasteiger partial charge is 0.497 e. The van der Waals surface area contributed by atoms with E-state index in [1.54, 1.807) is 69.9 Å². The van der Waals surface area contributed by atoms with Crippen LogP contribution in [0.3, 0.4) is 0 Å². The summed E-state index contributed by atoms with van der Waals surface area (Å²) < 4.78 is 21.9. The Labute approximate surface area is 179 Å². The molecule has 0 aliphatic carbocycles. The summed E-state index contributed by atoms with van der Waals surface area (Å²) in [7, 11) is 4.73. The molecule has 0 saturated carbocycles. The molecule has 4 rings (SSSR count). The third kappa shape index (κ3) is 4.14. The number of fused-ring (bicyclic) bond motifs is 1. The summed E-state index contributed by atoms with van der Waals surface area (Å²) in [4.78, 5) is 18.0. The second kappa shape index (κ2) is 8.75. The fourth-order valence-electron chi connectivity index (χ4n) is 3.22. The van der Waals surface area contributed by atoms with Crippen LogP contribution >= 0.6 is 0 Å². The van der Waals surface area contributed by atoms with Gasteiger partial charge in [0.05, 0.1) is 26.9 Å². The van der Waals surface area contributed by atoms with Gasteiger partial charge in [-0.05, 0) is 60.7 Å². The minimum absolute atomic E-state index is 0.229. The molecule has 0 atom stereocenters. The lowest BCUT2D eigenvalue weighted by molar-refractivity contribution is 0.105. The number of benzene rings is 3. The highest BCUT2D eigenvalue weighted by Gasteiger charge is 2.21. The van der Waals surface area contributed by atoms with Gasteiger partial charge in [0.15, 0.2) is 11.4 Å². The number of hydrogen-bond acceptors (Lipinski definition) is 6. The second-order valence-corrected chi connectivity index (χ2v) is 6.71. The summed E-state index contributed by atoms with van der Waals surface area (Å²) in [5.74, 6) is 1.89. The van der Waals surface area contributed by atoms with Crippen molar-refractivity contribution in [3.05, 3.63) is 83.7 Å². The van der Waals surface area contributed by atoms with Crippen molar-refractivity contribution in [1.82, 2.24) is 4.98 Å². The molecule has 156 valence electrons. The SMILES string of the molecule is COc1ccc(C(=O)/C(=C/c2cc(OC)ccc2OC)c2nc3ccccc3o2)cc1. The lowest BCUT2D eigenvalue weighted by atomic mass is 10.00. The molecule has 0 aliphatic heterocycles. The number of allylic oxidation sites excluding steroid dienone is 1. The maximum Gasteiger partial charge on any atom is 0.231 e. The number of ether oxygens (including phenoxy) is 3. The van der Waals surface area contributed by atoms with E-state index >= 15 is 0 Å². The molecular formula is C25H21NO5. The number of hydrogen-bond donors (Lipinski definition) is 0. The molecule has 0 unspecified atom stereocenters. The lowest BCUT2D eigenvalue weighted by Gasteiger charge is -2.09. The Kier molecular flexibility index (Phi) is 5.71. The molecule has 6 heteroatoms. The smallest absolute Gasteiger partial charge is 0.231 e. The Hall–Kier alpha value is -4.06. The van der Waals surface area contributed by atoms with Crippen LogP contribution in [-0.4, -0.2) is 32.1 Å². The van der Waals surface area contributed by atoms with Gasteiger partial charge in [0.25, 0.3) is 0 Å². The van der Waals surface area contributed by atoms with Gasteiger partial charge in [-0.25, -0.2) is 4.98 Å². The van der Waals surface area contributed by atoms with Gasteiger partial charge in [-0.1, -0.05) is 12.1 Å². The first-order valence-electron chi connectivity index (χ1n) is 9.61. The van der Waals surface area contributed by atoms with Gasteiger partial charge < -0.3 is 18.6 Å². The summed E-state index contributed by atoms with van der Waals surface area (Å²) in [5, 5.41) is 0. The van der Waals surface area contributed by atoms with Crippen molar-refractivity contribution < 1.29 is 23.4 Å². The van der Waals surface area contributed by atoms with Crippen LogP contribution in [0, 0.1) is 0 Å². The number of ketones is 1. The lowest BCUT2D eigenvalue weighted by Crippen LogP contribution is -2.04. The van der Waals surface area contributed by atoms with E-state index in [2.05, 4.69) is 4.98 Å². The fourth-order valence-corrected chi connectivity index (χ4v) is 3.22. The quantitative estimate of drug-likeness (QED) is 0.302. The molecule has 0 amide bonds. The monoisotopic (exact) mass is 415 g/mol. The van der Waals surface area contributed by atoms with Gasteiger partial charge in [0, 0.05) is 11.1 Å². The molecule has 0 bridgehead atoms. The Balaban J connectivity index is 1.88. The van der Waals surface area contributed by atoms with Crippen LogP contribution in [0.1, 0.15) is 21.8 Å². The van der Waals surface area contributed by atoms with Crippen LogP contribution in [0.2, 0.25) is 0 Å². The number of para-hydroxylation sites is 2. The molecule has 0 spiro atoms. The highest BCUT2D eigenvalue weighted by Crippen LogP contribution is 2.31. The molecule has 0 saturated heterocycles. The average Bonchev–Trinajstić information content (AvgIpc) is 3.26. The predicted molar refractivity (Wildman–Crippen MR) is 119 cm³/mol. The Bertz CT molecular complexity index is 1220. The maximum absolute atomic E-state index is 13.5. The van der Waals surface area contributed by atoms with E-state index in [9.17, 15) is 4.79 Å². The first-order valence-corrected chi connectivity index (χ1v) is 9.61. The molecule has 0 N–H and O–H groups in total. The van der Waals surface area contributed by atoms with Gasteiger partial charge in [-0.2, -0.15) is 0 Å². The standard InChI is InChI=1S/C25H21NO5/c1-28-18-10-8-16(9-11-18)24(27)20(25-26-21-6-4-5-7-23(21)31-25)15-17-14-19(29-2)12-13-22(17)30-3/h4-15H,1-3H3/b20-15-. The number of oxazole rings is 1. The van der Waals surface area contributed by atoms with Crippen LogP contribution in [0.25, 0.3) is 22.7 Å².